The van der Waals surface area contributed by atoms with E-state index in [1.807, 2.05) is 11.3 Å². The molecule has 2 aromatic rings. The highest BCUT2D eigenvalue weighted by Crippen LogP contribution is 2.36. The Kier molecular flexibility index (Phi) is 5.45. The van der Waals surface area contributed by atoms with Crippen molar-refractivity contribution < 1.29 is 0 Å². The van der Waals surface area contributed by atoms with E-state index < -0.39 is 0 Å². The third kappa shape index (κ3) is 3.45. The van der Waals surface area contributed by atoms with Crippen molar-refractivity contribution in [2.45, 2.75) is 26.3 Å². The highest BCUT2D eigenvalue weighted by molar-refractivity contribution is 9.11. The summed E-state index contributed by atoms with van der Waals surface area (Å²) >= 11 is 10.7. The Labute approximate surface area is 133 Å². The minimum Gasteiger partial charge on any atom is -0.306 e. The van der Waals surface area contributed by atoms with E-state index in [9.17, 15) is 0 Å². The van der Waals surface area contributed by atoms with Gasteiger partial charge in [-0.3, -0.25) is 0 Å². The molecule has 0 saturated carbocycles. The number of aryl methyl sites for hydroxylation is 1. The maximum absolute atomic E-state index is 3.63. The Morgan fingerprint density at radius 3 is 2.61 bits per heavy atom. The Bertz CT molecular complexity index is 499. The second-order valence-corrected chi connectivity index (χ2v) is 8.87. The predicted octanol–water partition coefficient (Wildman–Crippen LogP) is 5.73. The second kappa shape index (κ2) is 6.66. The van der Waals surface area contributed by atoms with Gasteiger partial charge in [0.05, 0.1) is 13.6 Å². The van der Waals surface area contributed by atoms with E-state index in [1.165, 1.54) is 23.6 Å². The smallest absolute Gasteiger partial charge is 0.0731 e. The number of thiophene rings is 2. The van der Waals surface area contributed by atoms with Crippen LogP contribution in [-0.4, -0.2) is 6.54 Å². The molecule has 0 amide bonds. The molecular formula is C13H15Br2NS2. The van der Waals surface area contributed by atoms with Gasteiger partial charge >= 0.3 is 0 Å². The molecule has 2 aromatic heterocycles. The monoisotopic (exact) mass is 407 g/mol. The van der Waals surface area contributed by atoms with Crippen LogP contribution >= 0.6 is 54.5 Å². The minimum atomic E-state index is 0.308. The molecule has 1 nitrogen and oxygen atoms in total. The van der Waals surface area contributed by atoms with E-state index in [0.717, 1.165) is 13.0 Å². The van der Waals surface area contributed by atoms with Gasteiger partial charge in [-0.2, -0.15) is 0 Å². The lowest BCUT2D eigenvalue weighted by atomic mass is 10.1. The van der Waals surface area contributed by atoms with Crippen molar-refractivity contribution in [2.24, 2.45) is 0 Å². The quantitative estimate of drug-likeness (QED) is 0.665. The van der Waals surface area contributed by atoms with E-state index >= 15 is 0 Å². The molecule has 1 unspecified atom stereocenters. The third-order valence-electron chi connectivity index (χ3n) is 2.68. The van der Waals surface area contributed by atoms with Crippen LogP contribution in [0.25, 0.3) is 0 Å². The van der Waals surface area contributed by atoms with E-state index in [0.29, 0.717) is 6.04 Å². The lowest BCUT2D eigenvalue weighted by Gasteiger charge is -2.15. The zero-order chi connectivity index (χ0) is 13.1. The lowest BCUT2D eigenvalue weighted by Crippen LogP contribution is -2.21. The molecule has 2 rings (SSSR count). The van der Waals surface area contributed by atoms with E-state index in [4.69, 9.17) is 0 Å². The lowest BCUT2D eigenvalue weighted by molar-refractivity contribution is 0.607. The number of hydrogen-bond acceptors (Lipinski definition) is 3. The normalized spacial score (nSPS) is 12.9. The molecule has 1 N–H and O–H groups in total. The predicted molar refractivity (Wildman–Crippen MR) is 88.9 cm³/mol. The van der Waals surface area contributed by atoms with Gasteiger partial charge in [-0.1, -0.05) is 6.92 Å². The molecule has 18 heavy (non-hydrogen) atoms. The summed E-state index contributed by atoms with van der Waals surface area (Å²) in [6.07, 6.45) is 1.15. The summed E-state index contributed by atoms with van der Waals surface area (Å²) in [7, 11) is 0. The maximum atomic E-state index is 3.63. The van der Waals surface area contributed by atoms with Crippen molar-refractivity contribution >= 4 is 54.5 Å². The summed E-state index contributed by atoms with van der Waals surface area (Å²) in [4.78, 5) is 1.37. The van der Waals surface area contributed by atoms with Gasteiger partial charge in [-0.15, -0.1) is 22.7 Å². The molecule has 5 heteroatoms. The molecule has 0 aliphatic rings. The van der Waals surface area contributed by atoms with Crippen LogP contribution in [-0.2, 0) is 0 Å². The number of rotatable bonds is 5. The average molecular weight is 409 g/mol. The van der Waals surface area contributed by atoms with Gasteiger partial charge in [0.1, 0.15) is 0 Å². The molecular weight excluding hydrogens is 394 g/mol. The average Bonchev–Trinajstić information content (AvgIpc) is 2.88. The Balaban J connectivity index is 2.30. The summed E-state index contributed by atoms with van der Waals surface area (Å²) in [6.45, 7) is 5.38. The summed E-state index contributed by atoms with van der Waals surface area (Å²) in [5, 5.41) is 5.85. The minimum absolute atomic E-state index is 0.308. The van der Waals surface area contributed by atoms with Crippen molar-refractivity contribution in [3.63, 3.8) is 0 Å². The molecule has 0 aromatic carbocycles. The van der Waals surface area contributed by atoms with E-state index in [1.54, 1.807) is 11.3 Å². The molecule has 0 radical (unpaired) electrons. The standard InChI is InChI=1S/C13H15Br2NS2/c1-3-4-16-12(9-6-11(14)17-7-9)10-5-8(2)13(15)18-10/h5-7,12,16H,3-4H2,1-2H3. The van der Waals surface area contributed by atoms with Gasteiger partial charge in [0.2, 0.25) is 0 Å². The molecule has 0 saturated heterocycles. The van der Waals surface area contributed by atoms with Crippen molar-refractivity contribution in [2.75, 3.05) is 6.54 Å². The first kappa shape index (κ1) is 14.7. The summed E-state index contributed by atoms with van der Waals surface area (Å²) in [6, 6.07) is 4.79. The van der Waals surface area contributed by atoms with Crippen LogP contribution in [0.15, 0.2) is 25.1 Å². The third-order valence-corrected chi connectivity index (χ3v) is 6.40. The Hall–Kier alpha value is 0.320. The summed E-state index contributed by atoms with van der Waals surface area (Å²) in [5.74, 6) is 0. The molecule has 1 atom stereocenters. The van der Waals surface area contributed by atoms with Gasteiger partial charge in [-0.05, 0) is 80.4 Å². The summed E-state index contributed by atoms with van der Waals surface area (Å²) in [5.41, 5.74) is 2.65. The molecule has 0 fully saturated rings. The molecule has 0 bridgehead atoms. The first-order chi connectivity index (χ1) is 8.61. The maximum Gasteiger partial charge on any atom is 0.0731 e. The van der Waals surface area contributed by atoms with Gasteiger partial charge in [0.15, 0.2) is 0 Å². The molecule has 2 heterocycles. The van der Waals surface area contributed by atoms with Crippen LogP contribution in [0.5, 0.6) is 0 Å². The van der Waals surface area contributed by atoms with Crippen molar-refractivity contribution in [1.82, 2.24) is 5.32 Å². The fourth-order valence-electron chi connectivity index (χ4n) is 1.77. The van der Waals surface area contributed by atoms with Crippen molar-refractivity contribution in [3.05, 3.63) is 41.1 Å². The van der Waals surface area contributed by atoms with Crippen LogP contribution in [0.1, 0.15) is 35.4 Å². The first-order valence-electron chi connectivity index (χ1n) is 5.85. The van der Waals surface area contributed by atoms with Gasteiger partial charge < -0.3 is 5.32 Å². The van der Waals surface area contributed by atoms with Crippen LogP contribution < -0.4 is 5.32 Å². The SMILES string of the molecule is CCCNC(c1csc(Br)c1)c1cc(C)c(Br)s1. The molecule has 0 spiro atoms. The first-order valence-corrected chi connectivity index (χ1v) is 9.13. The topological polar surface area (TPSA) is 12.0 Å². The molecule has 98 valence electrons. The van der Waals surface area contributed by atoms with Crippen LogP contribution in [0.3, 0.4) is 0 Å². The number of halogens is 2. The number of nitrogens with one attached hydrogen (secondary N) is 1. The fraction of sp³-hybridized carbons (Fsp3) is 0.385. The summed E-state index contributed by atoms with van der Waals surface area (Å²) < 4.78 is 2.42. The van der Waals surface area contributed by atoms with Gasteiger partial charge in [0, 0.05) is 4.88 Å². The Morgan fingerprint density at radius 2 is 2.11 bits per heavy atom. The largest absolute Gasteiger partial charge is 0.306 e. The van der Waals surface area contributed by atoms with Gasteiger partial charge in [-0.25, -0.2) is 0 Å². The van der Waals surface area contributed by atoms with Crippen LogP contribution in [0.2, 0.25) is 0 Å². The van der Waals surface area contributed by atoms with Crippen LogP contribution in [0.4, 0.5) is 0 Å². The van der Waals surface area contributed by atoms with E-state index in [-0.39, 0.29) is 0 Å². The highest BCUT2D eigenvalue weighted by atomic mass is 79.9. The van der Waals surface area contributed by atoms with Crippen molar-refractivity contribution in [3.8, 4) is 0 Å². The highest BCUT2D eigenvalue weighted by Gasteiger charge is 2.18. The zero-order valence-corrected chi connectivity index (χ0v) is 15.1. The van der Waals surface area contributed by atoms with Crippen LogP contribution in [0, 0.1) is 6.92 Å². The fourth-order valence-corrected chi connectivity index (χ4v) is 4.65. The van der Waals surface area contributed by atoms with Crippen molar-refractivity contribution in [1.29, 1.82) is 0 Å². The molecule has 0 aliphatic carbocycles. The van der Waals surface area contributed by atoms with Gasteiger partial charge in [0.25, 0.3) is 0 Å². The second-order valence-electron chi connectivity index (χ2n) is 4.18. The Morgan fingerprint density at radius 1 is 1.33 bits per heavy atom. The molecule has 0 aliphatic heterocycles. The number of hydrogen-bond donors (Lipinski definition) is 1. The zero-order valence-electron chi connectivity index (χ0n) is 10.3. The van der Waals surface area contributed by atoms with E-state index in [2.05, 4.69) is 68.5 Å².